The molecule has 0 bridgehead atoms. The molecular weight excluding hydrogens is 270 g/mol. The number of nitrogens with zero attached hydrogens (tertiary/aromatic N) is 1. The molecule has 0 aliphatic carbocycles. The molecule has 1 aromatic rings. The molecule has 0 amide bonds. The van der Waals surface area contributed by atoms with Crippen LogP contribution in [0.3, 0.4) is 0 Å². The van der Waals surface area contributed by atoms with Crippen LogP contribution in [0.4, 0.5) is 0 Å². The maximum Gasteiger partial charge on any atom is 0.165 e. The third kappa shape index (κ3) is 6.06. The number of carbonyl (C=O) groups is 1. The molecule has 0 aliphatic rings. The van der Waals surface area contributed by atoms with Gasteiger partial charge in [0.15, 0.2) is 5.78 Å². The zero-order valence-electron chi connectivity index (χ0n) is 13.0. The first kappa shape index (κ1) is 17.2. The summed E-state index contributed by atoms with van der Waals surface area (Å²) in [6.07, 6.45) is 0.531. The zero-order chi connectivity index (χ0) is 15.1. The largest absolute Gasteiger partial charge is 0.302 e. The summed E-state index contributed by atoms with van der Waals surface area (Å²) in [7, 11) is 0. The van der Waals surface area contributed by atoms with Crippen LogP contribution < -0.4 is 0 Å². The summed E-state index contributed by atoms with van der Waals surface area (Å²) >= 11 is 6.07. The van der Waals surface area contributed by atoms with Crippen LogP contribution in [0.5, 0.6) is 0 Å². The maximum absolute atomic E-state index is 12.2. The van der Waals surface area contributed by atoms with Gasteiger partial charge in [-0.15, -0.1) is 0 Å². The van der Waals surface area contributed by atoms with Gasteiger partial charge in [-0.05, 0) is 24.0 Å². The number of benzene rings is 1. The molecule has 0 N–H and O–H groups in total. The third-order valence-electron chi connectivity index (χ3n) is 3.08. The van der Waals surface area contributed by atoms with Gasteiger partial charge in [0.25, 0.3) is 0 Å². The van der Waals surface area contributed by atoms with Crippen molar-refractivity contribution in [3.63, 3.8) is 0 Å². The Morgan fingerprint density at radius 1 is 1.10 bits per heavy atom. The van der Waals surface area contributed by atoms with Crippen LogP contribution in [-0.4, -0.2) is 30.3 Å². The maximum atomic E-state index is 12.2. The smallest absolute Gasteiger partial charge is 0.165 e. The molecule has 0 unspecified atom stereocenters. The first-order chi connectivity index (χ1) is 9.40. The highest BCUT2D eigenvalue weighted by Gasteiger charge is 2.14. The van der Waals surface area contributed by atoms with Gasteiger partial charge in [-0.1, -0.05) is 51.4 Å². The fourth-order valence-electron chi connectivity index (χ4n) is 2.37. The van der Waals surface area contributed by atoms with Gasteiger partial charge in [-0.2, -0.15) is 0 Å². The molecule has 112 valence electrons. The van der Waals surface area contributed by atoms with Crippen LogP contribution in [0, 0.1) is 11.8 Å². The highest BCUT2D eigenvalue weighted by molar-refractivity contribution is 6.33. The summed E-state index contributed by atoms with van der Waals surface area (Å²) in [5, 5.41) is 0.553. The average molecular weight is 296 g/mol. The first-order valence-electron chi connectivity index (χ1n) is 7.40. The normalized spacial score (nSPS) is 11.6. The van der Waals surface area contributed by atoms with Gasteiger partial charge in [0, 0.05) is 31.6 Å². The lowest BCUT2D eigenvalue weighted by Crippen LogP contribution is -2.33. The SMILES string of the molecule is CC(C)CN(CCC(=O)c1ccccc1Cl)CC(C)C. The minimum atomic E-state index is 0.133. The molecule has 0 fully saturated rings. The van der Waals surface area contributed by atoms with E-state index in [0.29, 0.717) is 28.8 Å². The standard InChI is InChI=1S/C17H26ClNO/c1-13(2)11-19(12-14(3)4)10-9-17(20)15-7-5-6-8-16(15)18/h5-8,13-14H,9-12H2,1-4H3. The quantitative estimate of drug-likeness (QED) is 0.657. The van der Waals surface area contributed by atoms with Gasteiger partial charge in [0.1, 0.15) is 0 Å². The van der Waals surface area contributed by atoms with Crippen LogP contribution in [0.15, 0.2) is 24.3 Å². The fraction of sp³-hybridized carbons (Fsp3) is 0.588. The van der Waals surface area contributed by atoms with Crippen molar-refractivity contribution < 1.29 is 4.79 Å². The van der Waals surface area contributed by atoms with E-state index in [4.69, 9.17) is 11.6 Å². The van der Waals surface area contributed by atoms with Crippen molar-refractivity contribution in [1.29, 1.82) is 0 Å². The summed E-state index contributed by atoms with van der Waals surface area (Å²) in [5.41, 5.74) is 0.642. The Labute approximate surface area is 128 Å². The summed E-state index contributed by atoms with van der Waals surface area (Å²) in [4.78, 5) is 14.6. The Hall–Kier alpha value is -0.860. The molecule has 1 aromatic carbocycles. The number of hydrogen-bond acceptors (Lipinski definition) is 2. The Morgan fingerprint density at radius 3 is 2.15 bits per heavy atom. The Balaban J connectivity index is 2.58. The predicted molar refractivity (Wildman–Crippen MR) is 86.5 cm³/mol. The zero-order valence-corrected chi connectivity index (χ0v) is 13.8. The number of carbonyl (C=O) groups excluding carboxylic acids is 1. The molecular formula is C17H26ClNO. The van der Waals surface area contributed by atoms with Crippen molar-refractivity contribution in [2.45, 2.75) is 34.1 Å². The van der Waals surface area contributed by atoms with Crippen LogP contribution in [0.2, 0.25) is 5.02 Å². The molecule has 0 aromatic heterocycles. The van der Waals surface area contributed by atoms with Gasteiger partial charge in [0.05, 0.1) is 5.02 Å². The Morgan fingerprint density at radius 2 is 1.65 bits per heavy atom. The number of halogens is 1. The monoisotopic (exact) mass is 295 g/mol. The van der Waals surface area contributed by atoms with E-state index < -0.39 is 0 Å². The first-order valence-corrected chi connectivity index (χ1v) is 7.78. The van der Waals surface area contributed by atoms with Crippen molar-refractivity contribution in [3.05, 3.63) is 34.9 Å². The van der Waals surface area contributed by atoms with E-state index in [0.717, 1.165) is 19.6 Å². The van der Waals surface area contributed by atoms with E-state index in [1.165, 1.54) is 0 Å². The van der Waals surface area contributed by atoms with Crippen molar-refractivity contribution >= 4 is 17.4 Å². The van der Waals surface area contributed by atoms with E-state index in [2.05, 4.69) is 32.6 Å². The molecule has 0 saturated carbocycles. The highest BCUT2D eigenvalue weighted by Crippen LogP contribution is 2.17. The second-order valence-electron chi connectivity index (χ2n) is 6.20. The minimum absolute atomic E-state index is 0.133. The van der Waals surface area contributed by atoms with Crippen molar-refractivity contribution in [2.24, 2.45) is 11.8 Å². The summed E-state index contributed by atoms with van der Waals surface area (Å²) in [5.74, 6) is 1.36. The van der Waals surface area contributed by atoms with Crippen LogP contribution in [0.1, 0.15) is 44.5 Å². The molecule has 0 radical (unpaired) electrons. The van der Waals surface area contributed by atoms with E-state index in [9.17, 15) is 4.79 Å². The van der Waals surface area contributed by atoms with Crippen molar-refractivity contribution in [3.8, 4) is 0 Å². The number of hydrogen-bond donors (Lipinski definition) is 0. The number of Topliss-reactive ketones (excluding diaryl/α,β-unsaturated/α-hetero) is 1. The van der Waals surface area contributed by atoms with E-state index in [1.807, 2.05) is 12.1 Å². The molecule has 2 nitrogen and oxygen atoms in total. The molecule has 0 atom stereocenters. The van der Waals surface area contributed by atoms with E-state index in [-0.39, 0.29) is 5.78 Å². The van der Waals surface area contributed by atoms with E-state index >= 15 is 0 Å². The second-order valence-corrected chi connectivity index (χ2v) is 6.61. The number of rotatable bonds is 8. The van der Waals surface area contributed by atoms with Gasteiger partial charge in [-0.3, -0.25) is 4.79 Å². The lowest BCUT2D eigenvalue weighted by Gasteiger charge is -2.25. The van der Waals surface area contributed by atoms with Crippen LogP contribution in [0.25, 0.3) is 0 Å². The molecule has 0 saturated heterocycles. The topological polar surface area (TPSA) is 20.3 Å². The molecule has 0 heterocycles. The highest BCUT2D eigenvalue weighted by atomic mass is 35.5. The lowest BCUT2D eigenvalue weighted by molar-refractivity contribution is 0.0957. The molecule has 1 rings (SSSR count). The molecule has 0 aliphatic heterocycles. The fourth-order valence-corrected chi connectivity index (χ4v) is 2.61. The Bertz CT molecular complexity index is 419. The van der Waals surface area contributed by atoms with Gasteiger partial charge in [0.2, 0.25) is 0 Å². The van der Waals surface area contributed by atoms with Crippen LogP contribution >= 0.6 is 11.6 Å². The van der Waals surface area contributed by atoms with Gasteiger partial charge in [-0.25, -0.2) is 0 Å². The van der Waals surface area contributed by atoms with Crippen molar-refractivity contribution in [2.75, 3.05) is 19.6 Å². The van der Waals surface area contributed by atoms with Crippen molar-refractivity contribution in [1.82, 2.24) is 4.90 Å². The minimum Gasteiger partial charge on any atom is -0.302 e. The predicted octanol–water partition coefficient (Wildman–Crippen LogP) is 4.53. The van der Waals surface area contributed by atoms with Gasteiger partial charge >= 0.3 is 0 Å². The summed E-state index contributed by atoms with van der Waals surface area (Å²) in [6.45, 7) is 11.7. The van der Waals surface area contributed by atoms with Crippen LogP contribution in [-0.2, 0) is 0 Å². The lowest BCUT2D eigenvalue weighted by atomic mass is 10.1. The molecule has 3 heteroatoms. The molecule has 0 spiro atoms. The second kappa shape index (κ2) is 8.43. The number of ketones is 1. The Kier molecular flexibility index (Phi) is 7.25. The van der Waals surface area contributed by atoms with Gasteiger partial charge < -0.3 is 4.90 Å². The average Bonchev–Trinajstić information content (AvgIpc) is 2.34. The van der Waals surface area contributed by atoms with E-state index in [1.54, 1.807) is 12.1 Å². The summed E-state index contributed by atoms with van der Waals surface area (Å²) in [6, 6.07) is 7.29. The summed E-state index contributed by atoms with van der Waals surface area (Å²) < 4.78 is 0. The third-order valence-corrected chi connectivity index (χ3v) is 3.41. The molecule has 20 heavy (non-hydrogen) atoms.